The first-order valence-corrected chi connectivity index (χ1v) is 6.93. The van der Waals surface area contributed by atoms with Gasteiger partial charge in [0, 0.05) is 19.0 Å². The second-order valence-electron chi connectivity index (χ2n) is 5.17. The lowest BCUT2D eigenvalue weighted by molar-refractivity contribution is 0.298. The molecule has 2 N–H and O–H groups in total. The quantitative estimate of drug-likeness (QED) is 0.852. The molecule has 1 atom stereocenters. The SMILES string of the molecule is CCCn1ncnc1CC(N)C1CCCCC1. The molecule has 1 fully saturated rings. The largest absolute Gasteiger partial charge is 0.327 e. The van der Waals surface area contributed by atoms with Gasteiger partial charge in [0.05, 0.1) is 0 Å². The van der Waals surface area contributed by atoms with Gasteiger partial charge in [-0.15, -0.1) is 0 Å². The van der Waals surface area contributed by atoms with E-state index in [1.165, 1.54) is 32.1 Å². The number of aryl methyl sites for hydroxylation is 1. The van der Waals surface area contributed by atoms with Gasteiger partial charge in [0.15, 0.2) is 0 Å². The Labute approximate surface area is 104 Å². The van der Waals surface area contributed by atoms with Crippen LogP contribution in [0.4, 0.5) is 0 Å². The maximum Gasteiger partial charge on any atom is 0.138 e. The molecular weight excluding hydrogens is 212 g/mol. The Kier molecular flexibility index (Phi) is 4.54. The summed E-state index contributed by atoms with van der Waals surface area (Å²) in [4.78, 5) is 4.34. The van der Waals surface area contributed by atoms with Crippen LogP contribution in [0.5, 0.6) is 0 Å². The van der Waals surface area contributed by atoms with E-state index in [4.69, 9.17) is 5.73 Å². The van der Waals surface area contributed by atoms with E-state index >= 15 is 0 Å². The van der Waals surface area contributed by atoms with Gasteiger partial charge in [-0.2, -0.15) is 5.10 Å². The fourth-order valence-electron chi connectivity index (χ4n) is 2.78. The summed E-state index contributed by atoms with van der Waals surface area (Å²) in [5, 5.41) is 4.25. The second kappa shape index (κ2) is 6.15. The smallest absolute Gasteiger partial charge is 0.138 e. The molecule has 1 aromatic rings. The van der Waals surface area contributed by atoms with Crippen LogP contribution in [-0.4, -0.2) is 20.8 Å². The minimum Gasteiger partial charge on any atom is -0.327 e. The highest BCUT2D eigenvalue weighted by Gasteiger charge is 2.22. The third kappa shape index (κ3) is 3.28. The van der Waals surface area contributed by atoms with Gasteiger partial charge in [0.25, 0.3) is 0 Å². The number of hydrogen-bond acceptors (Lipinski definition) is 3. The molecule has 0 aliphatic heterocycles. The Morgan fingerprint density at radius 3 is 2.88 bits per heavy atom. The topological polar surface area (TPSA) is 56.7 Å². The molecule has 1 heterocycles. The van der Waals surface area contributed by atoms with Crippen molar-refractivity contribution in [2.75, 3.05) is 0 Å². The Morgan fingerprint density at radius 1 is 1.41 bits per heavy atom. The molecule has 1 aliphatic carbocycles. The summed E-state index contributed by atoms with van der Waals surface area (Å²) >= 11 is 0. The van der Waals surface area contributed by atoms with Crippen LogP contribution in [0.3, 0.4) is 0 Å². The van der Waals surface area contributed by atoms with Crippen LogP contribution in [0.1, 0.15) is 51.3 Å². The zero-order chi connectivity index (χ0) is 12.1. The number of rotatable bonds is 5. The van der Waals surface area contributed by atoms with E-state index < -0.39 is 0 Å². The Morgan fingerprint density at radius 2 is 2.18 bits per heavy atom. The van der Waals surface area contributed by atoms with Crippen LogP contribution in [0.2, 0.25) is 0 Å². The van der Waals surface area contributed by atoms with E-state index in [2.05, 4.69) is 17.0 Å². The summed E-state index contributed by atoms with van der Waals surface area (Å²) in [6.45, 7) is 3.11. The van der Waals surface area contributed by atoms with Gasteiger partial charge in [-0.3, -0.25) is 4.68 Å². The summed E-state index contributed by atoms with van der Waals surface area (Å²) in [5.74, 6) is 1.75. The highest BCUT2D eigenvalue weighted by Crippen LogP contribution is 2.26. The number of aromatic nitrogens is 3. The molecule has 4 heteroatoms. The molecule has 0 aromatic carbocycles. The highest BCUT2D eigenvalue weighted by atomic mass is 15.3. The molecule has 0 saturated heterocycles. The first-order valence-electron chi connectivity index (χ1n) is 6.93. The fraction of sp³-hybridized carbons (Fsp3) is 0.846. The van der Waals surface area contributed by atoms with Crippen molar-refractivity contribution in [3.05, 3.63) is 12.2 Å². The molecule has 1 aliphatic rings. The van der Waals surface area contributed by atoms with E-state index in [0.29, 0.717) is 5.92 Å². The van der Waals surface area contributed by atoms with Crippen molar-refractivity contribution in [1.29, 1.82) is 0 Å². The van der Waals surface area contributed by atoms with Crippen LogP contribution in [0.15, 0.2) is 6.33 Å². The van der Waals surface area contributed by atoms with Crippen LogP contribution in [-0.2, 0) is 13.0 Å². The van der Waals surface area contributed by atoms with E-state index in [1.807, 2.05) is 4.68 Å². The standard InChI is InChI=1S/C13H24N4/c1-2-8-17-13(15-10-16-17)9-12(14)11-6-4-3-5-7-11/h10-12H,2-9,14H2,1H3. The lowest BCUT2D eigenvalue weighted by Gasteiger charge is -2.27. The molecule has 0 spiro atoms. The Balaban J connectivity index is 1.92. The van der Waals surface area contributed by atoms with E-state index in [1.54, 1.807) is 6.33 Å². The lowest BCUT2D eigenvalue weighted by atomic mass is 9.83. The first kappa shape index (κ1) is 12.6. The molecule has 2 rings (SSSR count). The fourth-order valence-corrected chi connectivity index (χ4v) is 2.78. The van der Waals surface area contributed by atoms with Crippen molar-refractivity contribution >= 4 is 0 Å². The number of nitrogens with two attached hydrogens (primary N) is 1. The van der Waals surface area contributed by atoms with Crippen molar-refractivity contribution < 1.29 is 0 Å². The highest BCUT2D eigenvalue weighted by molar-refractivity contribution is 4.91. The molecule has 96 valence electrons. The summed E-state index contributed by atoms with van der Waals surface area (Å²) in [7, 11) is 0. The van der Waals surface area contributed by atoms with Crippen LogP contribution >= 0.6 is 0 Å². The van der Waals surface area contributed by atoms with E-state index in [9.17, 15) is 0 Å². The molecule has 0 radical (unpaired) electrons. The van der Waals surface area contributed by atoms with Crippen molar-refractivity contribution in [2.45, 2.75) is 64.5 Å². The molecule has 1 unspecified atom stereocenters. The van der Waals surface area contributed by atoms with Crippen LogP contribution in [0.25, 0.3) is 0 Å². The molecular formula is C13H24N4. The van der Waals surface area contributed by atoms with E-state index in [0.717, 1.165) is 25.2 Å². The molecule has 0 amide bonds. The van der Waals surface area contributed by atoms with Gasteiger partial charge in [-0.05, 0) is 25.2 Å². The number of nitrogens with zero attached hydrogens (tertiary/aromatic N) is 3. The van der Waals surface area contributed by atoms with Crippen molar-refractivity contribution in [2.24, 2.45) is 11.7 Å². The van der Waals surface area contributed by atoms with Gasteiger partial charge < -0.3 is 5.73 Å². The predicted octanol–water partition coefficient (Wildman–Crippen LogP) is 2.14. The molecule has 0 bridgehead atoms. The summed E-state index contributed by atoms with van der Waals surface area (Å²) in [5.41, 5.74) is 6.32. The molecule has 1 aromatic heterocycles. The average molecular weight is 236 g/mol. The monoisotopic (exact) mass is 236 g/mol. The zero-order valence-corrected chi connectivity index (χ0v) is 10.8. The third-order valence-corrected chi connectivity index (χ3v) is 3.80. The third-order valence-electron chi connectivity index (χ3n) is 3.80. The number of hydrogen-bond donors (Lipinski definition) is 1. The van der Waals surface area contributed by atoms with Gasteiger partial charge in [0.1, 0.15) is 12.2 Å². The van der Waals surface area contributed by atoms with Gasteiger partial charge in [-0.1, -0.05) is 26.2 Å². The Bertz CT molecular complexity index is 328. The van der Waals surface area contributed by atoms with Crippen LogP contribution in [0, 0.1) is 5.92 Å². The maximum atomic E-state index is 6.32. The zero-order valence-electron chi connectivity index (χ0n) is 10.8. The normalized spacial score (nSPS) is 19.4. The minimum atomic E-state index is 0.259. The molecule has 17 heavy (non-hydrogen) atoms. The second-order valence-corrected chi connectivity index (χ2v) is 5.17. The lowest BCUT2D eigenvalue weighted by Crippen LogP contribution is -2.34. The van der Waals surface area contributed by atoms with Crippen molar-refractivity contribution in [1.82, 2.24) is 14.8 Å². The first-order chi connectivity index (χ1) is 8.31. The van der Waals surface area contributed by atoms with Gasteiger partial charge in [-0.25, -0.2) is 4.98 Å². The summed E-state index contributed by atoms with van der Waals surface area (Å²) in [6, 6.07) is 0.259. The minimum absolute atomic E-state index is 0.259. The molecule has 4 nitrogen and oxygen atoms in total. The summed E-state index contributed by atoms with van der Waals surface area (Å²) in [6.07, 6.45) is 10.3. The van der Waals surface area contributed by atoms with Crippen molar-refractivity contribution in [3.8, 4) is 0 Å². The van der Waals surface area contributed by atoms with Crippen molar-refractivity contribution in [3.63, 3.8) is 0 Å². The van der Waals surface area contributed by atoms with Crippen LogP contribution < -0.4 is 5.73 Å². The Hall–Kier alpha value is -0.900. The van der Waals surface area contributed by atoms with E-state index in [-0.39, 0.29) is 6.04 Å². The van der Waals surface area contributed by atoms with Gasteiger partial charge >= 0.3 is 0 Å². The maximum absolute atomic E-state index is 6.32. The predicted molar refractivity (Wildman–Crippen MR) is 68.6 cm³/mol. The molecule has 1 saturated carbocycles. The summed E-state index contributed by atoms with van der Waals surface area (Å²) < 4.78 is 2.00. The average Bonchev–Trinajstić information content (AvgIpc) is 2.78. The van der Waals surface area contributed by atoms with Gasteiger partial charge in [0.2, 0.25) is 0 Å².